The molecule has 0 aromatic heterocycles. The van der Waals surface area contributed by atoms with Gasteiger partial charge in [-0.15, -0.1) is 0 Å². The molecular weight excluding hydrogens is 460 g/mol. The molecule has 0 spiro atoms. The average molecular weight is 491 g/mol. The van der Waals surface area contributed by atoms with Crippen LogP contribution in [0.4, 0.5) is 0 Å². The highest BCUT2D eigenvalue weighted by Crippen LogP contribution is 2.31. The second-order valence-electron chi connectivity index (χ2n) is 8.91. The third kappa shape index (κ3) is 5.60. The van der Waals surface area contributed by atoms with Crippen molar-refractivity contribution in [3.63, 3.8) is 0 Å². The van der Waals surface area contributed by atoms with Crippen molar-refractivity contribution < 1.29 is 17.9 Å². The van der Waals surface area contributed by atoms with E-state index in [2.05, 4.69) is 12.1 Å². The summed E-state index contributed by atoms with van der Waals surface area (Å²) < 4.78 is 33.7. The fourth-order valence-corrected chi connectivity index (χ4v) is 6.72. The lowest BCUT2D eigenvalue weighted by Crippen LogP contribution is -2.41. The van der Waals surface area contributed by atoms with Gasteiger partial charge in [-0.3, -0.25) is 4.79 Å². The molecule has 0 bridgehead atoms. The lowest BCUT2D eigenvalue weighted by atomic mass is 9.91. The molecule has 0 aliphatic carbocycles. The Labute approximate surface area is 201 Å². The second-order valence-corrected chi connectivity index (χ2v) is 11.2. The van der Waals surface area contributed by atoms with Crippen LogP contribution >= 0.6 is 11.6 Å². The molecule has 0 unspecified atom stereocenters. The maximum atomic E-state index is 13.4. The number of methoxy groups -OCH3 is 1. The number of hydrogen-bond donors (Lipinski definition) is 0. The predicted molar refractivity (Wildman–Crippen MR) is 129 cm³/mol. The zero-order chi connectivity index (χ0) is 23.4. The maximum Gasteiger partial charge on any atom is 0.253 e. The quantitative estimate of drug-likeness (QED) is 0.607. The SMILES string of the molecule is COC1CCN(C(=O)c2ccc(Cl)c(S(=O)(=O)N3CCC(Cc4ccccc4)CC3)c2)CC1. The van der Waals surface area contributed by atoms with Crippen molar-refractivity contribution in [2.24, 2.45) is 5.92 Å². The summed E-state index contributed by atoms with van der Waals surface area (Å²) in [5, 5.41) is 0.149. The van der Waals surface area contributed by atoms with Crippen molar-refractivity contribution in [2.75, 3.05) is 33.3 Å². The third-order valence-electron chi connectivity index (χ3n) is 6.80. The summed E-state index contributed by atoms with van der Waals surface area (Å²) in [5.41, 5.74) is 1.63. The second kappa shape index (κ2) is 10.6. The van der Waals surface area contributed by atoms with E-state index < -0.39 is 10.0 Å². The van der Waals surface area contributed by atoms with E-state index in [-0.39, 0.29) is 21.9 Å². The van der Waals surface area contributed by atoms with Crippen molar-refractivity contribution >= 4 is 27.5 Å². The molecule has 6 nitrogen and oxygen atoms in total. The molecule has 8 heteroatoms. The molecule has 4 rings (SSSR count). The standard InChI is InChI=1S/C25H31ClN2O4S/c1-32-22-11-13-27(14-12-22)25(29)21-7-8-23(26)24(18-21)33(30,31)28-15-9-20(10-16-28)17-19-5-3-2-4-6-19/h2-8,18,20,22H,9-17H2,1H3. The average Bonchev–Trinajstić information content (AvgIpc) is 2.85. The van der Waals surface area contributed by atoms with Crippen LogP contribution in [0.15, 0.2) is 53.4 Å². The van der Waals surface area contributed by atoms with Crippen LogP contribution in [0.2, 0.25) is 5.02 Å². The summed E-state index contributed by atoms with van der Waals surface area (Å²) >= 11 is 6.32. The number of benzene rings is 2. The van der Waals surface area contributed by atoms with E-state index in [1.807, 2.05) is 18.2 Å². The van der Waals surface area contributed by atoms with Gasteiger partial charge in [-0.1, -0.05) is 41.9 Å². The Kier molecular flexibility index (Phi) is 7.74. The molecule has 1 amide bonds. The fourth-order valence-electron chi connectivity index (χ4n) is 4.75. The maximum absolute atomic E-state index is 13.4. The number of rotatable bonds is 6. The highest BCUT2D eigenvalue weighted by Gasteiger charge is 2.32. The van der Waals surface area contributed by atoms with Gasteiger partial charge in [0.15, 0.2) is 0 Å². The summed E-state index contributed by atoms with van der Waals surface area (Å²) in [6.07, 6.45) is 4.29. The minimum atomic E-state index is -3.78. The van der Waals surface area contributed by atoms with Gasteiger partial charge in [0, 0.05) is 38.9 Å². The Morgan fingerprint density at radius 1 is 1.00 bits per heavy atom. The molecular formula is C25H31ClN2O4S. The molecule has 0 atom stereocenters. The molecule has 2 aliphatic heterocycles. The molecule has 0 N–H and O–H groups in total. The van der Waals surface area contributed by atoms with Gasteiger partial charge in [0.25, 0.3) is 5.91 Å². The number of sulfonamides is 1. The monoisotopic (exact) mass is 490 g/mol. The molecule has 2 aromatic carbocycles. The number of amides is 1. The highest BCUT2D eigenvalue weighted by molar-refractivity contribution is 7.89. The minimum absolute atomic E-state index is 0.0169. The third-order valence-corrected chi connectivity index (χ3v) is 9.18. The summed E-state index contributed by atoms with van der Waals surface area (Å²) in [5.74, 6) is 0.288. The first kappa shape index (κ1) is 24.2. The number of ether oxygens (including phenoxy) is 1. The Hall–Kier alpha value is -1.93. The van der Waals surface area contributed by atoms with Crippen molar-refractivity contribution in [3.8, 4) is 0 Å². The molecule has 33 heavy (non-hydrogen) atoms. The molecule has 0 saturated carbocycles. The fraction of sp³-hybridized carbons (Fsp3) is 0.480. The molecule has 2 saturated heterocycles. The lowest BCUT2D eigenvalue weighted by molar-refractivity contribution is 0.0350. The van der Waals surface area contributed by atoms with Crippen LogP contribution in [-0.4, -0.2) is 62.9 Å². The van der Waals surface area contributed by atoms with Crippen LogP contribution in [0.3, 0.4) is 0 Å². The van der Waals surface area contributed by atoms with Crippen molar-refractivity contribution in [2.45, 2.75) is 43.1 Å². The van der Waals surface area contributed by atoms with Gasteiger partial charge < -0.3 is 9.64 Å². The molecule has 178 valence electrons. The van der Waals surface area contributed by atoms with Gasteiger partial charge in [-0.25, -0.2) is 8.42 Å². The molecule has 0 radical (unpaired) electrons. The number of halogens is 1. The summed E-state index contributed by atoms with van der Waals surface area (Å²) in [4.78, 5) is 14.8. The largest absolute Gasteiger partial charge is 0.381 e. The number of piperidine rings is 2. The van der Waals surface area contributed by atoms with Gasteiger partial charge in [0.1, 0.15) is 4.90 Å². The van der Waals surface area contributed by atoms with Crippen molar-refractivity contribution in [1.29, 1.82) is 0 Å². The Balaban J connectivity index is 1.44. The first-order chi connectivity index (χ1) is 15.9. The van der Waals surface area contributed by atoms with E-state index in [1.54, 1.807) is 18.1 Å². The number of likely N-dealkylation sites (tertiary alicyclic amines) is 1. The normalized spacial score (nSPS) is 19.0. The number of nitrogens with zero attached hydrogens (tertiary/aromatic N) is 2. The Morgan fingerprint density at radius 3 is 2.30 bits per heavy atom. The predicted octanol–water partition coefficient (Wildman–Crippen LogP) is 4.23. The van der Waals surface area contributed by atoms with Crippen LogP contribution < -0.4 is 0 Å². The number of carbonyl (C=O) groups excluding carboxylic acids is 1. The Bertz CT molecular complexity index is 1060. The molecule has 2 heterocycles. The molecule has 2 aromatic rings. The summed E-state index contributed by atoms with van der Waals surface area (Å²) in [6.45, 7) is 2.10. The number of carbonyl (C=O) groups is 1. The van der Waals surface area contributed by atoms with Crippen molar-refractivity contribution in [3.05, 3.63) is 64.7 Å². The van der Waals surface area contributed by atoms with Gasteiger partial charge in [0.05, 0.1) is 11.1 Å². The zero-order valence-electron chi connectivity index (χ0n) is 19.0. The van der Waals surface area contributed by atoms with Crippen LogP contribution in [0, 0.1) is 5.92 Å². The first-order valence-corrected chi connectivity index (χ1v) is 13.4. The van der Waals surface area contributed by atoms with E-state index in [1.165, 1.54) is 22.0 Å². The van der Waals surface area contributed by atoms with Gasteiger partial charge in [-0.05, 0) is 61.8 Å². The lowest BCUT2D eigenvalue weighted by Gasteiger charge is -2.32. The topological polar surface area (TPSA) is 66.9 Å². The minimum Gasteiger partial charge on any atom is -0.381 e. The Morgan fingerprint density at radius 2 is 1.67 bits per heavy atom. The smallest absolute Gasteiger partial charge is 0.253 e. The van der Waals surface area contributed by atoms with Crippen molar-refractivity contribution in [1.82, 2.24) is 9.21 Å². The number of hydrogen-bond acceptors (Lipinski definition) is 4. The van der Waals surface area contributed by atoms with Gasteiger partial charge in [-0.2, -0.15) is 4.31 Å². The first-order valence-electron chi connectivity index (χ1n) is 11.5. The van der Waals surface area contributed by atoms with E-state index in [0.29, 0.717) is 37.7 Å². The van der Waals surface area contributed by atoms with Crippen LogP contribution in [-0.2, 0) is 21.2 Å². The summed E-state index contributed by atoms with van der Waals surface area (Å²) in [6, 6.07) is 14.9. The van der Waals surface area contributed by atoms with Gasteiger partial charge in [0.2, 0.25) is 10.0 Å². The van der Waals surface area contributed by atoms with Crippen LogP contribution in [0.1, 0.15) is 41.6 Å². The molecule has 2 aliphatic rings. The van der Waals surface area contributed by atoms with E-state index in [0.717, 1.165) is 32.1 Å². The van der Waals surface area contributed by atoms with E-state index in [9.17, 15) is 13.2 Å². The van der Waals surface area contributed by atoms with Crippen LogP contribution in [0.25, 0.3) is 0 Å². The van der Waals surface area contributed by atoms with E-state index in [4.69, 9.17) is 16.3 Å². The molecule has 2 fully saturated rings. The van der Waals surface area contributed by atoms with Crippen LogP contribution in [0.5, 0.6) is 0 Å². The zero-order valence-corrected chi connectivity index (χ0v) is 20.5. The van der Waals surface area contributed by atoms with Gasteiger partial charge >= 0.3 is 0 Å². The van der Waals surface area contributed by atoms with E-state index >= 15 is 0 Å². The highest BCUT2D eigenvalue weighted by atomic mass is 35.5. The summed E-state index contributed by atoms with van der Waals surface area (Å²) in [7, 11) is -2.09.